The van der Waals surface area contributed by atoms with Crippen molar-refractivity contribution >= 4 is 5.91 Å². The second-order valence-electron chi connectivity index (χ2n) is 5.89. The Morgan fingerprint density at radius 1 is 1.35 bits per heavy atom. The van der Waals surface area contributed by atoms with Crippen LogP contribution in [0.5, 0.6) is 5.75 Å². The fourth-order valence-corrected chi connectivity index (χ4v) is 2.78. The first-order valence-corrected chi connectivity index (χ1v) is 7.53. The van der Waals surface area contributed by atoms with E-state index in [1.807, 2.05) is 0 Å². The zero-order chi connectivity index (χ0) is 17.1. The molecule has 0 aromatic heterocycles. The van der Waals surface area contributed by atoms with Crippen molar-refractivity contribution in [2.45, 2.75) is 50.4 Å². The van der Waals surface area contributed by atoms with Crippen LogP contribution in [0.2, 0.25) is 0 Å². The van der Waals surface area contributed by atoms with Gasteiger partial charge in [0.15, 0.2) is 6.10 Å². The highest BCUT2D eigenvalue weighted by Crippen LogP contribution is 2.36. The van der Waals surface area contributed by atoms with E-state index in [1.54, 1.807) is 0 Å². The van der Waals surface area contributed by atoms with Gasteiger partial charge < -0.3 is 15.2 Å². The van der Waals surface area contributed by atoms with Crippen molar-refractivity contribution in [2.75, 3.05) is 6.61 Å². The first kappa shape index (κ1) is 17.6. The Morgan fingerprint density at radius 3 is 2.52 bits per heavy atom. The van der Waals surface area contributed by atoms with Gasteiger partial charge in [0, 0.05) is 0 Å². The summed E-state index contributed by atoms with van der Waals surface area (Å²) in [5.74, 6) is -0.912. The number of benzene rings is 1. The summed E-state index contributed by atoms with van der Waals surface area (Å²) in [6.45, 7) is 1.20. The van der Waals surface area contributed by atoms with Crippen LogP contribution in [-0.4, -0.2) is 29.3 Å². The molecule has 1 aromatic rings. The molecule has 1 amide bonds. The number of amides is 1. The Hall–Kier alpha value is -1.76. The highest BCUT2D eigenvalue weighted by atomic mass is 19.4. The summed E-state index contributed by atoms with van der Waals surface area (Å²) in [4.78, 5) is 12.2. The van der Waals surface area contributed by atoms with Crippen LogP contribution in [0.1, 0.15) is 38.2 Å². The van der Waals surface area contributed by atoms with E-state index in [2.05, 4.69) is 5.32 Å². The molecule has 1 unspecified atom stereocenters. The van der Waals surface area contributed by atoms with E-state index in [1.165, 1.54) is 25.1 Å². The van der Waals surface area contributed by atoms with Gasteiger partial charge in [-0.25, -0.2) is 0 Å². The lowest BCUT2D eigenvalue weighted by Gasteiger charge is -2.29. The normalized spacial score (nSPS) is 18.5. The Labute approximate surface area is 132 Å². The van der Waals surface area contributed by atoms with E-state index in [9.17, 15) is 23.1 Å². The van der Waals surface area contributed by atoms with E-state index < -0.39 is 29.3 Å². The quantitative estimate of drug-likeness (QED) is 0.872. The van der Waals surface area contributed by atoms with Gasteiger partial charge in [-0.05, 0) is 31.9 Å². The number of carbonyl (C=O) groups excluding carboxylic acids is 1. The number of ether oxygens (including phenoxy) is 1. The van der Waals surface area contributed by atoms with Crippen LogP contribution in [0, 0.1) is 0 Å². The van der Waals surface area contributed by atoms with Gasteiger partial charge in [0.05, 0.1) is 17.7 Å². The van der Waals surface area contributed by atoms with E-state index >= 15 is 0 Å². The third kappa shape index (κ3) is 4.16. The molecule has 0 aliphatic heterocycles. The predicted octanol–water partition coefficient (Wildman–Crippen LogP) is 2.89. The number of hydrogen-bond donors (Lipinski definition) is 2. The first-order valence-electron chi connectivity index (χ1n) is 7.53. The minimum Gasteiger partial charge on any atom is -0.480 e. The number of aliphatic hydroxyl groups is 1. The van der Waals surface area contributed by atoms with Crippen LogP contribution in [0.25, 0.3) is 0 Å². The number of aliphatic hydroxyl groups excluding tert-OH is 1. The summed E-state index contributed by atoms with van der Waals surface area (Å²) in [7, 11) is 0. The predicted molar refractivity (Wildman–Crippen MR) is 78.0 cm³/mol. The number of nitrogens with one attached hydrogen (secondary N) is 1. The van der Waals surface area contributed by atoms with Crippen molar-refractivity contribution < 1.29 is 27.8 Å². The van der Waals surface area contributed by atoms with E-state index in [4.69, 9.17) is 4.74 Å². The number of rotatable bonds is 5. The molecule has 1 saturated carbocycles. The number of halogens is 3. The van der Waals surface area contributed by atoms with Gasteiger partial charge >= 0.3 is 6.18 Å². The van der Waals surface area contributed by atoms with Crippen LogP contribution in [0.4, 0.5) is 13.2 Å². The fraction of sp³-hybridized carbons (Fsp3) is 0.562. The average Bonchev–Trinajstić information content (AvgIpc) is 2.95. The number of hydrogen-bond acceptors (Lipinski definition) is 3. The van der Waals surface area contributed by atoms with Gasteiger partial charge in [-0.1, -0.05) is 25.0 Å². The molecule has 128 valence electrons. The highest BCUT2D eigenvalue weighted by Gasteiger charge is 2.37. The molecule has 0 spiro atoms. The van der Waals surface area contributed by atoms with Gasteiger partial charge in [0.1, 0.15) is 5.75 Å². The maximum absolute atomic E-state index is 12.9. The molecule has 1 aromatic carbocycles. The van der Waals surface area contributed by atoms with Crippen LogP contribution in [0.3, 0.4) is 0 Å². The maximum atomic E-state index is 12.9. The largest absolute Gasteiger partial charge is 0.480 e. The third-order valence-electron chi connectivity index (χ3n) is 4.12. The molecule has 23 heavy (non-hydrogen) atoms. The molecule has 1 aliphatic carbocycles. The van der Waals surface area contributed by atoms with Crippen molar-refractivity contribution in [1.82, 2.24) is 5.32 Å². The lowest BCUT2D eigenvalue weighted by Crippen LogP contribution is -2.53. The summed E-state index contributed by atoms with van der Waals surface area (Å²) in [5, 5.41) is 12.2. The summed E-state index contributed by atoms with van der Waals surface area (Å²) in [5.41, 5.74) is -1.60. The van der Waals surface area contributed by atoms with Gasteiger partial charge in [-0.2, -0.15) is 13.2 Å². The zero-order valence-electron chi connectivity index (χ0n) is 12.8. The van der Waals surface area contributed by atoms with Gasteiger partial charge in [-0.3, -0.25) is 4.79 Å². The SMILES string of the molecule is CC(Oc1ccccc1C(F)(F)F)C(=O)NC1(CO)CCCC1. The Morgan fingerprint density at radius 2 is 1.96 bits per heavy atom. The molecule has 0 saturated heterocycles. The van der Waals surface area contributed by atoms with Crippen molar-refractivity contribution in [3.63, 3.8) is 0 Å². The van der Waals surface area contributed by atoms with E-state index in [-0.39, 0.29) is 12.4 Å². The van der Waals surface area contributed by atoms with Crippen molar-refractivity contribution in [1.29, 1.82) is 0 Å². The zero-order valence-corrected chi connectivity index (χ0v) is 12.8. The summed E-state index contributed by atoms with van der Waals surface area (Å²) >= 11 is 0. The topological polar surface area (TPSA) is 58.6 Å². The minimum absolute atomic E-state index is 0.190. The Kier molecular flexibility index (Phi) is 5.19. The summed E-state index contributed by atoms with van der Waals surface area (Å²) in [6.07, 6.45) is -2.55. The lowest BCUT2D eigenvalue weighted by molar-refractivity contribution is -0.141. The van der Waals surface area contributed by atoms with Crippen LogP contribution in [-0.2, 0) is 11.0 Å². The van der Waals surface area contributed by atoms with Gasteiger partial charge in [0.25, 0.3) is 5.91 Å². The lowest BCUT2D eigenvalue weighted by atomic mass is 9.98. The average molecular weight is 331 g/mol. The van der Waals surface area contributed by atoms with Crippen molar-refractivity contribution in [2.24, 2.45) is 0 Å². The highest BCUT2D eigenvalue weighted by molar-refractivity contribution is 5.81. The van der Waals surface area contributed by atoms with Crippen LogP contribution >= 0.6 is 0 Å². The first-order chi connectivity index (χ1) is 10.8. The second kappa shape index (κ2) is 6.78. The second-order valence-corrected chi connectivity index (χ2v) is 5.89. The molecule has 1 aliphatic rings. The smallest absolute Gasteiger partial charge is 0.419 e. The summed E-state index contributed by atoms with van der Waals surface area (Å²) < 4.78 is 44.0. The van der Waals surface area contributed by atoms with Crippen LogP contribution < -0.4 is 10.1 Å². The Bertz CT molecular complexity index is 554. The maximum Gasteiger partial charge on any atom is 0.419 e. The molecule has 1 fully saturated rings. The molecule has 2 N–H and O–H groups in total. The molecule has 0 bridgehead atoms. The number of para-hydroxylation sites is 1. The summed E-state index contributed by atoms with van der Waals surface area (Å²) in [6, 6.07) is 4.78. The van der Waals surface area contributed by atoms with E-state index in [0.717, 1.165) is 18.9 Å². The van der Waals surface area contributed by atoms with Crippen LogP contribution in [0.15, 0.2) is 24.3 Å². The molecular weight excluding hydrogens is 311 g/mol. The molecular formula is C16H20F3NO3. The number of carbonyl (C=O) groups is 1. The fourth-order valence-electron chi connectivity index (χ4n) is 2.78. The third-order valence-corrected chi connectivity index (χ3v) is 4.12. The molecule has 7 heteroatoms. The van der Waals surface area contributed by atoms with E-state index in [0.29, 0.717) is 12.8 Å². The minimum atomic E-state index is -4.55. The molecule has 1 atom stereocenters. The molecule has 4 nitrogen and oxygen atoms in total. The molecule has 2 rings (SSSR count). The molecule has 0 radical (unpaired) electrons. The Balaban J connectivity index is 2.07. The molecule has 0 heterocycles. The van der Waals surface area contributed by atoms with Crippen molar-refractivity contribution in [3.05, 3.63) is 29.8 Å². The standard InChI is InChI=1S/C16H20F3NO3/c1-11(14(22)20-15(10-21)8-4-5-9-15)23-13-7-3-2-6-12(13)16(17,18)19/h2-3,6-7,11,21H,4-5,8-10H2,1H3,(H,20,22). The van der Waals surface area contributed by atoms with Gasteiger partial charge in [0.2, 0.25) is 0 Å². The van der Waals surface area contributed by atoms with Crippen molar-refractivity contribution in [3.8, 4) is 5.75 Å². The van der Waals surface area contributed by atoms with Gasteiger partial charge in [-0.15, -0.1) is 0 Å². The number of alkyl halides is 3. The monoisotopic (exact) mass is 331 g/mol.